The van der Waals surface area contributed by atoms with Crippen LogP contribution in [0.15, 0.2) is 42.5 Å². The number of ether oxygens (including phenoxy) is 2. The second kappa shape index (κ2) is 7.43. The first-order chi connectivity index (χ1) is 12.5. The minimum Gasteiger partial charge on any atom is -0.493 e. The van der Waals surface area contributed by atoms with Crippen LogP contribution >= 0.6 is 0 Å². The van der Waals surface area contributed by atoms with Crippen LogP contribution in [-0.4, -0.2) is 32.6 Å². The molecule has 0 aliphatic carbocycles. The minimum atomic E-state index is -0.560. The molecule has 0 bridgehead atoms. The number of anilines is 2. The van der Waals surface area contributed by atoms with Gasteiger partial charge in [0.2, 0.25) is 11.8 Å². The van der Waals surface area contributed by atoms with Gasteiger partial charge in [0.1, 0.15) is 5.82 Å². The first-order valence-electron chi connectivity index (χ1n) is 8.11. The number of hydrogen-bond acceptors (Lipinski definition) is 4. The number of carbonyl (C=O) groups is 2. The summed E-state index contributed by atoms with van der Waals surface area (Å²) in [6, 6.07) is 11.1. The molecule has 1 aliphatic rings. The van der Waals surface area contributed by atoms with E-state index in [-0.39, 0.29) is 30.5 Å². The predicted molar refractivity (Wildman–Crippen MR) is 95.0 cm³/mol. The SMILES string of the molecule is COc1ccc(N2CC(C(=O)Nc3ccccc3F)CC2=O)cc1OC. The maximum absolute atomic E-state index is 13.7. The Kier molecular flexibility index (Phi) is 5.06. The number of rotatable bonds is 5. The summed E-state index contributed by atoms with van der Waals surface area (Å²) in [7, 11) is 3.04. The average Bonchev–Trinajstić information content (AvgIpc) is 3.05. The summed E-state index contributed by atoms with van der Waals surface area (Å²) >= 11 is 0. The van der Waals surface area contributed by atoms with E-state index < -0.39 is 11.7 Å². The standard InChI is InChI=1S/C19H19FN2O4/c1-25-16-8-7-13(10-17(16)26-2)22-11-12(9-18(22)23)19(24)21-15-6-4-3-5-14(15)20/h3-8,10,12H,9,11H2,1-2H3,(H,21,24). The van der Waals surface area contributed by atoms with E-state index in [9.17, 15) is 14.0 Å². The van der Waals surface area contributed by atoms with Crippen LogP contribution in [0.1, 0.15) is 6.42 Å². The fourth-order valence-corrected chi connectivity index (χ4v) is 2.92. The maximum Gasteiger partial charge on any atom is 0.229 e. The van der Waals surface area contributed by atoms with E-state index in [1.54, 1.807) is 30.3 Å². The van der Waals surface area contributed by atoms with Crippen molar-refractivity contribution in [3.8, 4) is 11.5 Å². The van der Waals surface area contributed by atoms with Gasteiger partial charge in [0, 0.05) is 24.7 Å². The van der Waals surface area contributed by atoms with Crippen LogP contribution in [0.25, 0.3) is 0 Å². The molecule has 0 radical (unpaired) electrons. The van der Waals surface area contributed by atoms with Crippen LogP contribution < -0.4 is 19.7 Å². The van der Waals surface area contributed by atoms with Crippen molar-refractivity contribution in [2.45, 2.75) is 6.42 Å². The second-order valence-electron chi connectivity index (χ2n) is 5.91. The van der Waals surface area contributed by atoms with E-state index in [1.165, 1.54) is 31.3 Å². The monoisotopic (exact) mass is 358 g/mol. The number of amides is 2. The smallest absolute Gasteiger partial charge is 0.229 e. The van der Waals surface area contributed by atoms with Crippen LogP contribution in [0, 0.1) is 11.7 Å². The van der Waals surface area contributed by atoms with Gasteiger partial charge in [-0.1, -0.05) is 12.1 Å². The highest BCUT2D eigenvalue weighted by Crippen LogP contribution is 2.34. The van der Waals surface area contributed by atoms with Crippen LogP contribution in [0.3, 0.4) is 0 Å². The average molecular weight is 358 g/mol. The van der Waals surface area contributed by atoms with Gasteiger partial charge < -0.3 is 19.7 Å². The first-order valence-corrected chi connectivity index (χ1v) is 8.11. The molecule has 0 aromatic heterocycles. The van der Waals surface area contributed by atoms with E-state index in [4.69, 9.17) is 9.47 Å². The highest BCUT2D eigenvalue weighted by molar-refractivity contribution is 6.03. The van der Waals surface area contributed by atoms with Gasteiger partial charge in [-0.15, -0.1) is 0 Å². The van der Waals surface area contributed by atoms with Gasteiger partial charge in [-0.25, -0.2) is 4.39 Å². The quantitative estimate of drug-likeness (QED) is 0.892. The molecule has 136 valence electrons. The number of benzene rings is 2. The Morgan fingerprint density at radius 2 is 1.88 bits per heavy atom. The molecular weight excluding hydrogens is 339 g/mol. The molecule has 26 heavy (non-hydrogen) atoms. The molecule has 6 nitrogen and oxygen atoms in total. The molecule has 2 amide bonds. The molecule has 2 aromatic rings. The summed E-state index contributed by atoms with van der Waals surface area (Å²) in [6.07, 6.45) is 0.0641. The third-order valence-electron chi connectivity index (χ3n) is 4.31. The van der Waals surface area contributed by atoms with Crippen LogP contribution in [0.4, 0.5) is 15.8 Å². The second-order valence-corrected chi connectivity index (χ2v) is 5.91. The van der Waals surface area contributed by atoms with Crippen LogP contribution in [0.5, 0.6) is 11.5 Å². The summed E-state index contributed by atoms with van der Waals surface area (Å²) < 4.78 is 24.1. The number of hydrogen-bond donors (Lipinski definition) is 1. The molecule has 1 atom stereocenters. The van der Waals surface area contributed by atoms with Crippen LogP contribution in [-0.2, 0) is 9.59 Å². The Labute approximate surface area is 150 Å². The number of para-hydroxylation sites is 1. The Balaban J connectivity index is 1.74. The van der Waals surface area contributed by atoms with Crippen molar-refractivity contribution in [2.75, 3.05) is 31.0 Å². The van der Waals surface area contributed by atoms with Crippen molar-refractivity contribution >= 4 is 23.2 Å². The van der Waals surface area contributed by atoms with Gasteiger partial charge in [-0.05, 0) is 24.3 Å². The third-order valence-corrected chi connectivity index (χ3v) is 4.31. The third kappa shape index (κ3) is 3.46. The summed E-state index contributed by atoms with van der Waals surface area (Å²) in [5.41, 5.74) is 0.725. The Morgan fingerprint density at radius 1 is 1.15 bits per heavy atom. The lowest BCUT2D eigenvalue weighted by Gasteiger charge is -2.18. The van der Waals surface area contributed by atoms with Gasteiger partial charge in [0.15, 0.2) is 11.5 Å². The molecule has 1 saturated heterocycles. The summed E-state index contributed by atoms with van der Waals surface area (Å²) in [4.78, 5) is 26.3. The van der Waals surface area contributed by atoms with E-state index in [1.807, 2.05) is 0 Å². The highest BCUT2D eigenvalue weighted by Gasteiger charge is 2.35. The van der Waals surface area contributed by atoms with E-state index in [0.29, 0.717) is 17.2 Å². The molecule has 0 saturated carbocycles. The van der Waals surface area contributed by atoms with Gasteiger partial charge in [0.05, 0.1) is 25.8 Å². The lowest BCUT2D eigenvalue weighted by molar-refractivity contribution is -0.122. The molecule has 0 spiro atoms. The van der Waals surface area contributed by atoms with Crippen molar-refractivity contribution in [3.05, 3.63) is 48.3 Å². The predicted octanol–water partition coefficient (Wildman–Crippen LogP) is 2.83. The van der Waals surface area contributed by atoms with Crippen LogP contribution in [0.2, 0.25) is 0 Å². The molecule has 7 heteroatoms. The molecule has 1 aliphatic heterocycles. The van der Waals surface area contributed by atoms with Gasteiger partial charge >= 0.3 is 0 Å². The van der Waals surface area contributed by atoms with Crippen molar-refractivity contribution < 1.29 is 23.5 Å². The highest BCUT2D eigenvalue weighted by atomic mass is 19.1. The Morgan fingerprint density at radius 3 is 2.58 bits per heavy atom. The van der Waals surface area contributed by atoms with Crippen molar-refractivity contribution in [3.63, 3.8) is 0 Å². The van der Waals surface area contributed by atoms with E-state index in [2.05, 4.69) is 5.32 Å². The fourth-order valence-electron chi connectivity index (χ4n) is 2.92. The molecule has 1 N–H and O–H groups in total. The van der Waals surface area contributed by atoms with Gasteiger partial charge in [0.25, 0.3) is 0 Å². The molecule has 1 heterocycles. The summed E-state index contributed by atoms with van der Waals surface area (Å²) in [5.74, 6) is -0.580. The zero-order chi connectivity index (χ0) is 18.7. The number of methoxy groups -OCH3 is 2. The number of nitrogens with one attached hydrogen (secondary N) is 1. The van der Waals surface area contributed by atoms with Crippen molar-refractivity contribution in [1.29, 1.82) is 0 Å². The van der Waals surface area contributed by atoms with Crippen molar-refractivity contribution in [2.24, 2.45) is 5.92 Å². The molecule has 3 rings (SSSR count). The maximum atomic E-state index is 13.7. The Hall–Kier alpha value is -3.09. The number of carbonyl (C=O) groups excluding carboxylic acids is 2. The molecule has 1 fully saturated rings. The molecule has 2 aromatic carbocycles. The normalized spacial score (nSPS) is 16.5. The van der Waals surface area contributed by atoms with E-state index >= 15 is 0 Å². The van der Waals surface area contributed by atoms with Crippen molar-refractivity contribution in [1.82, 2.24) is 0 Å². The lowest BCUT2D eigenvalue weighted by Crippen LogP contribution is -2.28. The van der Waals surface area contributed by atoms with Gasteiger partial charge in [-0.2, -0.15) is 0 Å². The van der Waals surface area contributed by atoms with E-state index in [0.717, 1.165) is 0 Å². The number of halogens is 1. The zero-order valence-electron chi connectivity index (χ0n) is 14.5. The number of nitrogens with zero attached hydrogens (tertiary/aromatic N) is 1. The Bertz CT molecular complexity index is 840. The fraction of sp³-hybridized carbons (Fsp3) is 0.263. The summed E-state index contributed by atoms with van der Waals surface area (Å²) in [5, 5.41) is 2.55. The summed E-state index contributed by atoms with van der Waals surface area (Å²) in [6.45, 7) is 0.217. The first kappa shape index (κ1) is 17.7. The largest absolute Gasteiger partial charge is 0.493 e. The zero-order valence-corrected chi connectivity index (χ0v) is 14.5. The minimum absolute atomic E-state index is 0.0641. The molecular formula is C19H19FN2O4. The lowest BCUT2D eigenvalue weighted by atomic mass is 10.1. The van der Waals surface area contributed by atoms with Gasteiger partial charge in [-0.3, -0.25) is 9.59 Å². The molecule has 1 unspecified atom stereocenters. The topological polar surface area (TPSA) is 67.9 Å².